The summed E-state index contributed by atoms with van der Waals surface area (Å²) < 4.78 is 2.32. The summed E-state index contributed by atoms with van der Waals surface area (Å²) in [4.78, 5) is 18.9. The fourth-order valence-corrected chi connectivity index (χ4v) is 4.32. The van der Waals surface area contributed by atoms with Crippen LogP contribution in [-0.2, 0) is 17.8 Å². The molecular weight excluding hydrogens is 406 g/mol. The molecule has 1 aromatic heterocycles. The summed E-state index contributed by atoms with van der Waals surface area (Å²) in [7, 11) is 1.84. The van der Waals surface area contributed by atoms with E-state index < -0.39 is 0 Å². The summed E-state index contributed by atoms with van der Waals surface area (Å²) in [5.74, 6) is 1.22. The van der Waals surface area contributed by atoms with E-state index in [1.54, 1.807) is 4.90 Å². The lowest BCUT2D eigenvalue weighted by atomic mass is 9.99. The van der Waals surface area contributed by atoms with Crippen molar-refractivity contribution in [3.63, 3.8) is 0 Å². The molecule has 0 aliphatic carbocycles. The second-order valence-corrected chi connectivity index (χ2v) is 8.71. The summed E-state index contributed by atoms with van der Waals surface area (Å²) in [6.45, 7) is 7.02. The van der Waals surface area contributed by atoms with Gasteiger partial charge in [0.2, 0.25) is 5.91 Å². The van der Waals surface area contributed by atoms with Gasteiger partial charge in [-0.1, -0.05) is 68.8 Å². The molecule has 0 unspecified atom stereocenters. The Balaban J connectivity index is 1.70. The Hall–Kier alpha value is -3.40. The SMILES string of the molecule is CCCCc1nc2ccc(N(C)C(=O)CC)cc2n1Cc1ccc(-c2ccccc2C)cc1. The van der Waals surface area contributed by atoms with E-state index in [-0.39, 0.29) is 5.91 Å². The summed E-state index contributed by atoms with van der Waals surface area (Å²) in [5, 5.41) is 0. The molecule has 0 radical (unpaired) electrons. The second kappa shape index (κ2) is 10.0. The molecular formula is C29H33N3O. The van der Waals surface area contributed by atoms with Gasteiger partial charge in [-0.05, 0) is 53.8 Å². The fraction of sp³-hybridized carbons (Fsp3) is 0.310. The van der Waals surface area contributed by atoms with Crippen LogP contribution in [0.3, 0.4) is 0 Å². The summed E-state index contributed by atoms with van der Waals surface area (Å²) >= 11 is 0. The van der Waals surface area contributed by atoms with Crippen LogP contribution in [0.15, 0.2) is 66.7 Å². The number of anilines is 1. The van der Waals surface area contributed by atoms with Crippen LogP contribution in [0.4, 0.5) is 5.69 Å². The molecule has 0 saturated carbocycles. The zero-order valence-electron chi connectivity index (χ0n) is 20.1. The smallest absolute Gasteiger partial charge is 0.226 e. The Bertz CT molecular complexity index is 1250. The highest BCUT2D eigenvalue weighted by molar-refractivity contribution is 5.94. The van der Waals surface area contributed by atoms with E-state index in [9.17, 15) is 4.79 Å². The van der Waals surface area contributed by atoms with Crippen LogP contribution in [0.1, 0.15) is 50.1 Å². The first kappa shape index (κ1) is 22.8. The average molecular weight is 440 g/mol. The van der Waals surface area contributed by atoms with Gasteiger partial charge in [0.25, 0.3) is 0 Å². The van der Waals surface area contributed by atoms with Crippen molar-refractivity contribution in [1.82, 2.24) is 9.55 Å². The van der Waals surface area contributed by atoms with Crippen molar-refractivity contribution in [2.45, 2.75) is 53.0 Å². The maximum Gasteiger partial charge on any atom is 0.226 e. The maximum absolute atomic E-state index is 12.2. The minimum atomic E-state index is 0.110. The predicted octanol–water partition coefficient (Wildman–Crippen LogP) is 6.78. The molecule has 33 heavy (non-hydrogen) atoms. The molecule has 0 aliphatic heterocycles. The molecule has 4 nitrogen and oxygen atoms in total. The Morgan fingerprint density at radius 1 is 1.00 bits per heavy atom. The number of imidazole rings is 1. The standard InChI is InChI=1S/C29H33N3O/c1-5-7-12-28-30-26-18-17-24(31(4)29(33)6-2)19-27(26)32(28)20-22-13-15-23(16-14-22)25-11-9-8-10-21(25)3/h8-11,13-19H,5-7,12,20H2,1-4H3. The summed E-state index contributed by atoms with van der Waals surface area (Å²) in [6.07, 6.45) is 3.68. The van der Waals surface area contributed by atoms with Gasteiger partial charge in [-0.3, -0.25) is 4.79 Å². The van der Waals surface area contributed by atoms with Gasteiger partial charge in [0.1, 0.15) is 5.82 Å². The molecule has 170 valence electrons. The third kappa shape index (κ3) is 4.85. The molecule has 0 N–H and O–H groups in total. The first-order valence-corrected chi connectivity index (χ1v) is 11.9. The highest BCUT2D eigenvalue weighted by Crippen LogP contribution is 2.27. The molecule has 0 spiro atoms. The Morgan fingerprint density at radius 3 is 2.45 bits per heavy atom. The number of hydrogen-bond donors (Lipinski definition) is 0. The highest BCUT2D eigenvalue weighted by Gasteiger charge is 2.15. The van der Waals surface area contributed by atoms with Crippen LogP contribution in [0, 0.1) is 6.92 Å². The summed E-state index contributed by atoms with van der Waals surface area (Å²) in [5.41, 5.74) is 8.01. The zero-order chi connectivity index (χ0) is 23.4. The van der Waals surface area contributed by atoms with Crippen LogP contribution in [0.2, 0.25) is 0 Å². The van der Waals surface area contributed by atoms with Crippen LogP contribution in [-0.4, -0.2) is 22.5 Å². The Labute approximate surface area is 196 Å². The number of aryl methyl sites for hydroxylation is 2. The van der Waals surface area contributed by atoms with Gasteiger partial charge in [-0.2, -0.15) is 0 Å². The molecule has 0 atom stereocenters. The molecule has 1 amide bonds. The van der Waals surface area contributed by atoms with Crippen LogP contribution < -0.4 is 4.90 Å². The normalized spacial score (nSPS) is 11.2. The van der Waals surface area contributed by atoms with E-state index in [0.29, 0.717) is 6.42 Å². The third-order valence-electron chi connectivity index (χ3n) is 6.38. The lowest BCUT2D eigenvalue weighted by molar-refractivity contribution is -0.118. The minimum absolute atomic E-state index is 0.110. The lowest BCUT2D eigenvalue weighted by Crippen LogP contribution is -2.25. The maximum atomic E-state index is 12.2. The topological polar surface area (TPSA) is 38.1 Å². The third-order valence-corrected chi connectivity index (χ3v) is 6.38. The van der Waals surface area contributed by atoms with Gasteiger partial charge < -0.3 is 9.47 Å². The van der Waals surface area contributed by atoms with Gasteiger partial charge >= 0.3 is 0 Å². The zero-order valence-corrected chi connectivity index (χ0v) is 20.1. The molecule has 4 heteroatoms. The molecule has 4 aromatic rings. The molecule has 0 saturated heterocycles. The monoisotopic (exact) mass is 439 g/mol. The number of benzene rings is 3. The summed E-state index contributed by atoms with van der Waals surface area (Å²) in [6, 6.07) is 23.5. The molecule has 1 heterocycles. The number of carbonyl (C=O) groups is 1. The predicted molar refractivity (Wildman–Crippen MR) is 138 cm³/mol. The van der Waals surface area contributed by atoms with Gasteiger partial charge in [0.05, 0.1) is 11.0 Å². The van der Waals surface area contributed by atoms with Crippen molar-refractivity contribution in [2.75, 3.05) is 11.9 Å². The quantitative estimate of drug-likeness (QED) is 0.304. The minimum Gasteiger partial charge on any atom is -0.323 e. The van der Waals surface area contributed by atoms with E-state index in [1.807, 2.05) is 26.1 Å². The first-order valence-electron chi connectivity index (χ1n) is 11.9. The Morgan fingerprint density at radius 2 is 1.76 bits per heavy atom. The van der Waals surface area contributed by atoms with Crippen molar-refractivity contribution in [3.05, 3.63) is 83.7 Å². The van der Waals surface area contributed by atoms with Crippen LogP contribution in [0.25, 0.3) is 22.2 Å². The van der Waals surface area contributed by atoms with E-state index in [0.717, 1.165) is 48.4 Å². The number of unbranched alkanes of at least 4 members (excludes halogenated alkanes) is 1. The first-order chi connectivity index (χ1) is 16.0. The van der Waals surface area contributed by atoms with Crippen LogP contribution >= 0.6 is 0 Å². The van der Waals surface area contributed by atoms with Crippen molar-refractivity contribution >= 4 is 22.6 Å². The van der Waals surface area contributed by atoms with E-state index in [1.165, 1.54) is 22.3 Å². The molecule has 3 aromatic carbocycles. The Kier molecular flexibility index (Phi) is 6.93. The van der Waals surface area contributed by atoms with Gasteiger partial charge in [-0.15, -0.1) is 0 Å². The average Bonchev–Trinajstić information content (AvgIpc) is 3.19. The van der Waals surface area contributed by atoms with Gasteiger partial charge in [-0.25, -0.2) is 4.98 Å². The lowest BCUT2D eigenvalue weighted by Gasteiger charge is -2.17. The number of hydrogen-bond acceptors (Lipinski definition) is 2. The van der Waals surface area contributed by atoms with Gasteiger partial charge in [0, 0.05) is 32.1 Å². The van der Waals surface area contributed by atoms with Gasteiger partial charge in [0.15, 0.2) is 0 Å². The van der Waals surface area contributed by atoms with E-state index in [2.05, 4.69) is 73.0 Å². The number of fused-ring (bicyclic) bond motifs is 1. The van der Waals surface area contributed by atoms with Crippen molar-refractivity contribution < 1.29 is 4.79 Å². The second-order valence-electron chi connectivity index (χ2n) is 8.71. The number of rotatable bonds is 8. The number of aromatic nitrogens is 2. The van der Waals surface area contributed by atoms with E-state index >= 15 is 0 Å². The molecule has 0 fully saturated rings. The number of amides is 1. The van der Waals surface area contributed by atoms with Crippen molar-refractivity contribution in [1.29, 1.82) is 0 Å². The van der Waals surface area contributed by atoms with Crippen molar-refractivity contribution in [3.8, 4) is 11.1 Å². The van der Waals surface area contributed by atoms with E-state index in [4.69, 9.17) is 4.98 Å². The largest absolute Gasteiger partial charge is 0.323 e. The molecule has 4 rings (SSSR count). The number of carbonyl (C=O) groups excluding carboxylic acids is 1. The van der Waals surface area contributed by atoms with Crippen LogP contribution in [0.5, 0.6) is 0 Å². The fourth-order valence-electron chi connectivity index (χ4n) is 4.32. The number of nitrogens with zero attached hydrogens (tertiary/aromatic N) is 3. The highest BCUT2D eigenvalue weighted by atomic mass is 16.2. The van der Waals surface area contributed by atoms with Crippen molar-refractivity contribution in [2.24, 2.45) is 0 Å². The molecule has 0 aliphatic rings. The molecule has 0 bridgehead atoms.